The highest BCUT2D eigenvalue weighted by Gasteiger charge is 2.49. The smallest absolute Gasteiger partial charge is 0.282 e. The Bertz CT molecular complexity index is 607. The zero-order chi connectivity index (χ0) is 13.9. The van der Waals surface area contributed by atoms with Crippen molar-refractivity contribution in [3.63, 3.8) is 0 Å². The zero-order valence-electron chi connectivity index (χ0n) is 11.4. The van der Waals surface area contributed by atoms with Crippen molar-refractivity contribution >= 4 is 10.1 Å². The first-order valence-electron chi connectivity index (χ1n) is 7.59. The van der Waals surface area contributed by atoms with E-state index in [4.69, 9.17) is 0 Å². The van der Waals surface area contributed by atoms with Crippen LogP contribution in [0.15, 0.2) is 29.2 Å². The molecule has 0 atom stereocenters. The van der Waals surface area contributed by atoms with Crippen molar-refractivity contribution in [2.75, 3.05) is 0 Å². The van der Waals surface area contributed by atoms with Crippen LogP contribution in [0.3, 0.4) is 0 Å². The molecule has 0 unspecified atom stereocenters. The van der Waals surface area contributed by atoms with Gasteiger partial charge >= 0.3 is 0 Å². The van der Waals surface area contributed by atoms with Gasteiger partial charge in [0.25, 0.3) is 10.1 Å². The molecule has 1 aromatic rings. The number of rotatable bonds is 2. The minimum absolute atomic E-state index is 0.137. The minimum Gasteiger partial charge on any atom is -0.282 e. The van der Waals surface area contributed by atoms with Crippen LogP contribution in [0.2, 0.25) is 0 Å². The van der Waals surface area contributed by atoms with Crippen molar-refractivity contribution in [1.29, 1.82) is 0 Å². The fourth-order valence-electron chi connectivity index (χ4n) is 5.42. The van der Waals surface area contributed by atoms with E-state index in [9.17, 15) is 13.0 Å². The Hall–Kier alpha value is -0.870. The van der Waals surface area contributed by atoms with Crippen molar-refractivity contribution < 1.29 is 13.0 Å². The van der Waals surface area contributed by atoms with E-state index in [0.29, 0.717) is 17.8 Å². The van der Waals surface area contributed by atoms with Gasteiger partial charge in [-0.3, -0.25) is 4.55 Å². The van der Waals surface area contributed by atoms with Gasteiger partial charge in [-0.25, -0.2) is 0 Å². The van der Waals surface area contributed by atoms with Gasteiger partial charge in [0.15, 0.2) is 0 Å². The van der Waals surface area contributed by atoms with Gasteiger partial charge < -0.3 is 0 Å². The molecule has 0 saturated heterocycles. The molecule has 5 rings (SSSR count). The second-order valence-electron chi connectivity index (χ2n) is 6.97. The highest BCUT2D eigenvalue weighted by molar-refractivity contribution is 7.85. The van der Waals surface area contributed by atoms with E-state index in [1.165, 1.54) is 32.1 Å². The van der Waals surface area contributed by atoms with Gasteiger partial charge in [0.05, 0.1) is 4.90 Å². The first-order valence-corrected chi connectivity index (χ1v) is 9.03. The molecular weight excluding hydrogens is 272 g/mol. The molecular formula is C16H20O3S. The normalized spacial score (nSPS) is 39.1. The van der Waals surface area contributed by atoms with Crippen LogP contribution in [-0.2, 0) is 10.1 Å². The molecule has 4 heteroatoms. The van der Waals surface area contributed by atoms with E-state index in [1.54, 1.807) is 12.1 Å². The molecule has 4 aliphatic carbocycles. The lowest BCUT2D eigenvalue weighted by Crippen LogP contribution is -2.44. The van der Waals surface area contributed by atoms with Gasteiger partial charge in [0, 0.05) is 0 Å². The summed E-state index contributed by atoms with van der Waals surface area (Å²) in [6, 6.07) is 7.06. The van der Waals surface area contributed by atoms with Crippen LogP contribution in [-0.4, -0.2) is 13.0 Å². The number of hydrogen-bond donors (Lipinski definition) is 1. The predicted octanol–water partition coefficient (Wildman–Crippen LogP) is 3.47. The predicted molar refractivity (Wildman–Crippen MR) is 76.0 cm³/mol. The van der Waals surface area contributed by atoms with Crippen molar-refractivity contribution in [2.45, 2.75) is 42.9 Å². The van der Waals surface area contributed by atoms with E-state index in [-0.39, 0.29) is 4.90 Å². The Balaban J connectivity index is 1.79. The van der Waals surface area contributed by atoms with Crippen LogP contribution < -0.4 is 0 Å². The first kappa shape index (κ1) is 12.8. The van der Waals surface area contributed by atoms with Gasteiger partial charge in [-0.1, -0.05) is 18.2 Å². The topological polar surface area (TPSA) is 54.4 Å². The number of benzene rings is 1. The Labute approximate surface area is 120 Å². The molecule has 108 valence electrons. The molecule has 1 N–H and O–H groups in total. The van der Waals surface area contributed by atoms with Crippen molar-refractivity contribution in [3.8, 4) is 0 Å². The van der Waals surface area contributed by atoms with Gasteiger partial charge in [-0.05, 0) is 73.3 Å². The second kappa shape index (κ2) is 4.31. The van der Waals surface area contributed by atoms with Crippen LogP contribution in [0, 0.1) is 23.7 Å². The molecule has 0 aliphatic heterocycles. The SMILES string of the molecule is O=S(=O)(O)c1ccccc1C1C2CC3CC(C2)CC1C3. The van der Waals surface area contributed by atoms with Crippen LogP contribution >= 0.6 is 0 Å². The molecule has 4 bridgehead atoms. The summed E-state index contributed by atoms with van der Waals surface area (Å²) in [7, 11) is -4.12. The molecule has 3 nitrogen and oxygen atoms in total. The third-order valence-electron chi connectivity index (χ3n) is 5.78. The average molecular weight is 292 g/mol. The quantitative estimate of drug-likeness (QED) is 0.849. The van der Waals surface area contributed by atoms with Gasteiger partial charge in [0.1, 0.15) is 0 Å². The summed E-state index contributed by atoms with van der Waals surface area (Å²) < 4.78 is 32.8. The maximum atomic E-state index is 11.6. The van der Waals surface area contributed by atoms with E-state index in [1.807, 2.05) is 12.1 Å². The molecule has 0 aromatic heterocycles. The summed E-state index contributed by atoms with van der Waals surface area (Å²) in [5.41, 5.74) is 0.865. The maximum Gasteiger partial charge on any atom is 0.294 e. The molecule has 20 heavy (non-hydrogen) atoms. The van der Waals surface area contributed by atoms with Gasteiger partial charge in [-0.15, -0.1) is 0 Å². The van der Waals surface area contributed by atoms with E-state index < -0.39 is 10.1 Å². The minimum atomic E-state index is -4.12. The van der Waals surface area contributed by atoms with E-state index in [0.717, 1.165) is 17.4 Å². The van der Waals surface area contributed by atoms with E-state index in [2.05, 4.69) is 0 Å². The van der Waals surface area contributed by atoms with Gasteiger partial charge in [0.2, 0.25) is 0 Å². The highest BCUT2D eigenvalue weighted by Crippen LogP contribution is 2.60. The zero-order valence-corrected chi connectivity index (χ0v) is 12.2. The third-order valence-corrected chi connectivity index (χ3v) is 6.71. The van der Waals surface area contributed by atoms with Crippen molar-refractivity contribution in [3.05, 3.63) is 29.8 Å². The third kappa shape index (κ3) is 1.92. The summed E-state index contributed by atoms with van der Waals surface area (Å²) in [4.78, 5) is 0.137. The molecule has 4 aliphatic rings. The summed E-state index contributed by atoms with van der Waals surface area (Å²) in [6.07, 6.45) is 6.38. The van der Waals surface area contributed by atoms with Crippen LogP contribution in [0.1, 0.15) is 43.6 Å². The molecule has 0 heterocycles. The molecule has 0 amide bonds. The summed E-state index contributed by atoms with van der Waals surface area (Å²) in [6.45, 7) is 0. The van der Waals surface area contributed by atoms with Crippen molar-refractivity contribution in [1.82, 2.24) is 0 Å². The largest absolute Gasteiger partial charge is 0.294 e. The average Bonchev–Trinajstić information content (AvgIpc) is 2.36. The molecule has 0 spiro atoms. The summed E-state index contributed by atoms with van der Waals surface area (Å²) in [5.74, 6) is 3.31. The highest BCUT2D eigenvalue weighted by atomic mass is 32.2. The molecule has 0 radical (unpaired) electrons. The fraction of sp³-hybridized carbons (Fsp3) is 0.625. The Morgan fingerprint density at radius 1 is 0.900 bits per heavy atom. The first-order chi connectivity index (χ1) is 9.52. The Morgan fingerprint density at radius 2 is 1.45 bits per heavy atom. The Kier molecular flexibility index (Phi) is 2.77. The lowest BCUT2D eigenvalue weighted by molar-refractivity contribution is -0.00368. The Morgan fingerprint density at radius 3 is 2.00 bits per heavy atom. The molecule has 4 fully saturated rings. The van der Waals surface area contributed by atoms with Crippen LogP contribution in [0.5, 0.6) is 0 Å². The van der Waals surface area contributed by atoms with Crippen molar-refractivity contribution in [2.24, 2.45) is 23.7 Å². The van der Waals surface area contributed by atoms with Crippen LogP contribution in [0.4, 0.5) is 0 Å². The number of hydrogen-bond acceptors (Lipinski definition) is 2. The van der Waals surface area contributed by atoms with E-state index >= 15 is 0 Å². The summed E-state index contributed by atoms with van der Waals surface area (Å²) >= 11 is 0. The molecule has 1 aromatic carbocycles. The standard InChI is InChI=1S/C16H20O3S/c17-20(18,19)15-4-2-1-3-14(15)16-12-6-10-5-11(8-12)9-13(16)7-10/h1-4,10-13,16H,5-9H2,(H,17,18,19). The monoisotopic (exact) mass is 292 g/mol. The van der Waals surface area contributed by atoms with Gasteiger partial charge in [-0.2, -0.15) is 8.42 Å². The lowest BCUT2D eigenvalue weighted by atomic mass is 9.51. The maximum absolute atomic E-state index is 11.6. The summed E-state index contributed by atoms with van der Waals surface area (Å²) in [5, 5.41) is 0. The molecule has 4 saturated carbocycles. The lowest BCUT2D eigenvalue weighted by Gasteiger charge is -2.54. The van der Waals surface area contributed by atoms with Crippen LogP contribution in [0.25, 0.3) is 0 Å². The second-order valence-corrected chi connectivity index (χ2v) is 8.36. The fourth-order valence-corrected chi connectivity index (χ4v) is 6.18.